The minimum absolute atomic E-state index is 0.291. The number of hydrogen-bond acceptors (Lipinski definition) is 5. The summed E-state index contributed by atoms with van der Waals surface area (Å²) in [6.45, 7) is 3.52. The molecule has 0 amide bonds. The zero-order valence-electron chi connectivity index (χ0n) is 11.0. The Morgan fingerprint density at radius 1 is 1.44 bits per heavy atom. The number of rotatable bonds is 5. The fourth-order valence-electron chi connectivity index (χ4n) is 2.49. The molecule has 1 fully saturated rings. The first-order chi connectivity index (χ1) is 8.81. The molecule has 0 aromatic carbocycles. The van der Waals surface area contributed by atoms with Gasteiger partial charge in [0.1, 0.15) is 0 Å². The van der Waals surface area contributed by atoms with Crippen molar-refractivity contribution < 1.29 is 5.11 Å². The van der Waals surface area contributed by atoms with Crippen LogP contribution in [0, 0.1) is 0 Å². The third-order valence-corrected chi connectivity index (χ3v) is 3.66. The number of aliphatic hydroxyl groups is 1. The fourth-order valence-corrected chi connectivity index (χ4v) is 2.49. The minimum Gasteiger partial charge on any atom is -0.396 e. The van der Waals surface area contributed by atoms with Gasteiger partial charge < -0.3 is 14.9 Å². The van der Waals surface area contributed by atoms with Gasteiger partial charge in [-0.2, -0.15) is 5.10 Å². The van der Waals surface area contributed by atoms with Crippen LogP contribution in [0.25, 0.3) is 0 Å². The van der Waals surface area contributed by atoms with Crippen molar-refractivity contribution in [2.24, 2.45) is 0 Å². The molecular formula is C13H22N4O. The molecule has 0 aliphatic carbocycles. The second-order valence-corrected chi connectivity index (χ2v) is 4.84. The zero-order chi connectivity index (χ0) is 12.8. The highest BCUT2D eigenvalue weighted by Crippen LogP contribution is 2.19. The molecule has 2 rings (SSSR count). The quantitative estimate of drug-likeness (QED) is 0.836. The molecule has 1 N–H and O–H groups in total. The van der Waals surface area contributed by atoms with Gasteiger partial charge in [-0.3, -0.25) is 0 Å². The van der Waals surface area contributed by atoms with Gasteiger partial charge in [0.2, 0.25) is 0 Å². The van der Waals surface area contributed by atoms with Gasteiger partial charge in [0, 0.05) is 45.5 Å². The van der Waals surface area contributed by atoms with Crippen molar-refractivity contribution >= 4 is 5.82 Å². The third kappa shape index (κ3) is 3.40. The molecule has 0 atom stereocenters. The molecule has 1 aliphatic heterocycles. The number of aliphatic hydroxyl groups excluding tert-OH is 1. The van der Waals surface area contributed by atoms with Crippen LogP contribution in [0.5, 0.6) is 0 Å². The monoisotopic (exact) mass is 250 g/mol. The van der Waals surface area contributed by atoms with Crippen molar-refractivity contribution in [3.63, 3.8) is 0 Å². The van der Waals surface area contributed by atoms with E-state index in [0.717, 1.165) is 44.7 Å². The molecule has 0 saturated carbocycles. The Morgan fingerprint density at radius 3 is 2.83 bits per heavy atom. The molecule has 1 saturated heterocycles. The Labute approximate surface area is 108 Å². The van der Waals surface area contributed by atoms with Crippen LogP contribution in [-0.2, 0) is 0 Å². The van der Waals surface area contributed by atoms with E-state index in [1.165, 1.54) is 0 Å². The van der Waals surface area contributed by atoms with Crippen LogP contribution in [0.1, 0.15) is 19.3 Å². The molecule has 18 heavy (non-hydrogen) atoms. The number of anilines is 1. The summed E-state index contributed by atoms with van der Waals surface area (Å²) in [5.41, 5.74) is 0. The standard InChI is InChI=1S/C13H22N4O/c1-16(13-4-2-7-14-15-13)12-5-9-17(10-6-12)8-3-11-18/h2,4,7,12,18H,3,5-6,8-11H2,1H3. The summed E-state index contributed by atoms with van der Waals surface area (Å²) in [4.78, 5) is 4.66. The highest BCUT2D eigenvalue weighted by molar-refractivity contribution is 5.36. The number of piperidine rings is 1. The van der Waals surface area contributed by atoms with Crippen LogP contribution < -0.4 is 4.90 Å². The largest absolute Gasteiger partial charge is 0.396 e. The van der Waals surface area contributed by atoms with Crippen molar-refractivity contribution in [3.05, 3.63) is 18.3 Å². The van der Waals surface area contributed by atoms with E-state index in [1.807, 2.05) is 12.1 Å². The Morgan fingerprint density at radius 2 is 2.22 bits per heavy atom. The van der Waals surface area contributed by atoms with Crippen molar-refractivity contribution in [1.82, 2.24) is 15.1 Å². The average Bonchev–Trinajstić information content (AvgIpc) is 2.46. The van der Waals surface area contributed by atoms with E-state index in [0.29, 0.717) is 12.6 Å². The lowest BCUT2D eigenvalue weighted by atomic mass is 10.0. The van der Waals surface area contributed by atoms with Gasteiger partial charge in [0.25, 0.3) is 0 Å². The van der Waals surface area contributed by atoms with E-state index in [9.17, 15) is 0 Å². The lowest BCUT2D eigenvalue weighted by Gasteiger charge is -2.37. The Bertz CT molecular complexity index is 338. The molecule has 1 aliphatic rings. The summed E-state index contributed by atoms with van der Waals surface area (Å²) >= 11 is 0. The Hall–Kier alpha value is -1.20. The van der Waals surface area contributed by atoms with Crippen LogP contribution in [0.15, 0.2) is 18.3 Å². The van der Waals surface area contributed by atoms with Crippen molar-refractivity contribution in [3.8, 4) is 0 Å². The van der Waals surface area contributed by atoms with Gasteiger partial charge >= 0.3 is 0 Å². The molecule has 5 heteroatoms. The lowest BCUT2D eigenvalue weighted by Crippen LogP contribution is -2.44. The van der Waals surface area contributed by atoms with Crippen molar-refractivity contribution in [2.45, 2.75) is 25.3 Å². The average molecular weight is 250 g/mol. The van der Waals surface area contributed by atoms with Gasteiger partial charge in [0.05, 0.1) is 0 Å². The highest BCUT2D eigenvalue weighted by atomic mass is 16.3. The first-order valence-corrected chi connectivity index (χ1v) is 6.65. The van der Waals surface area contributed by atoms with E-state index in [2.05, 4.69) is 27.0 Å². The molecule has 100 valence electrons. The van der Waals surface area contributed by atoms with Crippen LogP contribution in [0.4, 0.5) is 5.82 Å². The van der Waals surface area contributed by atoms with E-state index >= 15 is 0 Å². The normalized spacial score (nSPS) is 17.9. The Balaban J connectivity index is 1.82. The van der Waals surface area contributed by atoms with E-state index in [-0.39, 0.29) is 0 Å². The van der Waals surface area contributed by atoms with Crippen LogP contribution in [0.2, 0.25) is 0 Å². The molecule has 0 bridgehead atoms. The number of nitrogens with zero attached hydrogens (tertiary/aromatic N) is 4. The predicted octanol–water partition coefficient (Wildman–Crippen LogP) is 0.760. The second kappa shape index (κ2) is 6.66. The molecule has 2 heterocycles. The van der Waals surface area contributed by atoms with Gasteiger partial charge in [-0.15, -0.1) is 5.10 Å². The zero-order valence-corrected chi connectivity index (χ0v) is 11.0. The SMILES string of the molecule is CN(c1cccnn1)C1CCN(CCCO)CC1. The molecule has 0 spiro atoms. The maximum atomic E-state index is 8.84. The summed E-state index contributed by atoms with van der Waals surface area (Å²) in [5.74, 6) is 0.950. The van der Waals surface area contributed by atoms with E-state index in [1.54, 1.807) is 6.20 Å². The van der Waals surface area contributed by atoms with Gasteiger partial charge in [0.15, 0.2) is 5.82 Å². The van der Waals surface area contributed by atoms with Crippen molar-refractivity contribution in [2.75, 3.05) is 38.2 Å². The van der Waals surface area contributed by atoms with Gasteiger partial charge in [-0.05, 0) is 31.4 Å². The van der Waals surface area contributed by atoms with E-state index < -0.39 is 0 Å². The number of hydrogen-bond donors (Lipinski definition) is 1. The second-order valence-electron chi connectivity index (χ2n) is 4.84. The fraction of sp³-hybridized carbons (Fsp3) is 0.692. The number of likely N-dealkylation sites (tertiary alicyclic amines) is 1. The summed E-state index contributed by atoms with van der Waals surface area (Å²) < 4.78 is 0. The lowest BCUT2D eigenvalue weighted by molar-refractivity contribution is 0.186. The summed E-state index contributed by atoms with van der Waals surface area (Å²) in [7, 11) is 2.10. The number of aromatic nitrogens is 2. The van der Waals surface area contributed by atoms with Crippen LogP contribution in [-0.4, -0.2) is 59.5 Å². The molecular weight excluding hydrogens is 228 g/mol. The predicted molar refractivity (Wildman–Crippen MR) is 71.6 cm³/mol. The highest BCUT2D eigenvalue weighted by Gasteiger charge is 2.22. The maximum absolute atomic E-state index is 8.84. The molecule has 0 radical (unpaired) electrons. The van der Waals surface area contributed by atoms with Gasteiger partial charge in [-0.1, -0.05) is 0 Å². The Kier molecular flexibility index (Phi) is 4.90. The maximum Gasteiger partial charge on any atom is 0.151 e. The summed E-state index contributed by atoms with van der Waals surface area (Å²) in [6.07, 6.45) is 4.89. The van der Waals surface area contributed by atoms with Crippen LogP contribution >= 0.6 is 0 Å². The molecule has 1 aromatic heterocycles. The topological polar surface area (TPSA) is 52.5 Å². The summed E-state index contributed by atoms with van der Waals surface area (Å²) in [6, 6.07) is 4.48. The van der Waals surface area contributed by atoms with Crippen LogP contribution in [0.3, 0.4) is 0 Å². The first-order valence-electron chi connectivity index (χ1n) is 6.65. The third-order valence-electron chi connectivity index (χ3n) is 3.66. The first kappa shape index (κ1) is 13.2. The van der Waals surface area contributed by atoms with Gasteiger partial charge in [-0.25, -0.2) is 0 Å². The molecule has 1 aromatic rings. The summed E-state index contributed by atoms with van der Waals surface area (Å²) in [5, 5.41) is 16.9. The molecule has 0 unspecified atom stereocenters. The smallest absolute Gasteiger partial charge is 0.151 e. The minimum atomic E-state index is 0.291. The molecule has 5 nitrogen and oxygen atoms in total. The van der Waals surface area contributed by atoms with E-state index in [4.69, 9.17) is 5.11 Å². The van der Waals surface area contributed by atoms with Crippen molar-refractivity contribution in [1.29, 1.82) is 0 Å².